The predicted octanol–water partition coefficient (Wildman–Crippen LogP) is 5.23. The third-order valence-corrected chi connectivity index (χ3v) is 7.66. The van der Waals surface area contributed by atoms with E-state index in [-0.39, 0.29) is 35.6 Å². The van der Waals surface area contributed by atoms with Crippen LogP contribution < -0.4 is 9.62 Å². The summed E-state index contributed by atoms with van der Waals surface area (Å²) in [4.78, 5) is 29.0. The fraction of sp³-hybridized carbons (Fsp3) is 0.310. The predicted molar refractivity (Wildman–Crippen MR) is 158 cm³/mol. The maximum absolute atomic E-state index is 14.0. The van der Waals surface area contributed by atoms with Crippen LogP contribution in [0.5, 0.6) is 0 Å². The van der Waals surface area contributed by atoms with Gasteiger partial charge in [-0.3, -0.25) is 13.9 Å². The molecule has 3 rings (SSSR count). The monoisotopic (exact) mass is 589 g/mol. The molecule has 0 aliphatic rings. The number of halogens is 2. The van der Waals surface area contributed by atoms with E-state index in [2.05, 4.69) is 5.32 Å². The molecule has 2 amide bonds. The van der Waals surface area contributed by atoms with Crippen LogP contribution in [0.1, 0.15) is 30.5 Å². The summed E-state index contributed by atoms with van der Waals surface area (Å²) < 4.78 is 26.7. The topological polar surface area (TPSA) is 86.8 Å². The molecular weight excluding hydrogens is 557 g/mol. The van der Waals surface area contributed by atoms with Crippen LogP contribution in [0.3, 0.4) is 0 Å². The number of nitrogens with one attached hydrogen (secondary N) is 1. The minimum Gasteiger partial charge on any atom is -0.352 e. The lowest BCUT2D eigenvalue weighted by molar-refractivity contribution is -0.140. The molecule has 1 atom stereocenters. The van der Waals surface area contributed by atoms with Gasteiger partial charge in [0.15, 0.2) is 0 Å². The molecule has 0 saturated carbocycles. The Bertz CT molecular complexity index is 1420. The fourth-order valence-electron chi connectivity index (χ4n) is 4.22. The van der Waals surface area contributed by atoms with E-state index in [1.54, 1.807) is 0 Å². The first kappa shape index (κ1) is 30.5. The molecule has 3 aromatic carbocycles. The van der Waals surface area contributed by atoms with E-state index in [1.807, 2.05) is 75.4 Å². The van der Waals surface area contributed by atoms with Gasteiger partial charge in [-0.1, -0.05) is 83.4 Å². The van der Waals surface area contributed by atoms with E-state index < -0.39 is 28.5 Å². The van der Waals surface area contributed by atoms with Gasteiger partial charge in [-0.2, -0.15) is 0 Å². The summed E-state index contributed by atoms with van der Waals surface area (Å²) in [5.74, 6) is -0.877. The standard InChI is InChI=1S/C29H33Cl2N3O4S/c1-20(2)32-29(36)27(16-22-10-6-5-7-11-22)33(18-23-12-8-9-21(3)15-23)28(35)19-34(39(4,37)38)26-14-13-24(30)17-25(26)31/h5-15,17,20,27H,16,18-19H2,1-4H3,(H,32,36). The van der Waals surface area contributed by atoms with Crippen LogP contribution in [0.15, 0.2) is 72.8 Å². The molecule has 0 bridgehead atoms. The van der Waals surface area contributed by atoms with Crippen LogP contribution in [-0.2, 0) is 32.6 Å². The Morgan fingerprint density at radius 2 is 1.59 bits per heavy atom. The summed E-state index contributed by atoms with van der Waals surface area (Å²) in [6.07, 6.45) is 1.25. The van der Waals surface area contributed by atoms with Crippen molar-refractivity contribution in [1.29, 1.82) is 0 Å². The first-order valence-electron chi connectivity index (χ1n) is 12.5. The molecule has 0 aliphatic carbocycles. The molecule has 3 aromatic rings. The third-order valence-electron chi connectivity index (χ3n) is 6.00. The van der Waals surface area contributed by atoms with Gasteiger partial charge in [0.1, 0.15) is 12.6 Å². The van der Waals surface area contributed by atoms with E-state index in [0.717, 1.165) is 27.3 Å². The zero-order valence-electron chi connectivity index (χ0n) is 22.4. The lowest BCUT2D eigenvalue weighted by Crippen LogP contribution is -2.54. The van der Waals surface area contributed by atoms with Crippen molar-refractivity contribution in [3.8, 4) is 0 Å². The Labute approximate surface area is 240 Å². The van der Waals surface area contributed by atoms with Crippen molar-refractivity contribution in [1.82, 2.24) is 10.2 Å². The first-order chi connectivity index (χ1) is 18.3. The fourth-order valence-corrected chi connectivity index (χ4v) is 5.64. The Morgan fingerprint density at radius 3 is 2.18 bits per heavy atom. The van der Waals surface area contributed by atoms with Crippen molar-refractivity contribution in [2.45, 2.75) is 45.8 Å². The van der Waals surface area contributed by atoms with Gasteiger partial charge >= 0.3 is 0 Å². The number of hydrogen-bond donors (Lipinski definition) is 1. The highest BCUT2D eigenvalue weighted by Gasteiger charge is 2.33. The number of amides is 2. The number of rotatable bonds is 11. The minimum atomic E-state index is -3.93. The number of benzene rings is 3. The average molecular weight is 591 g/mol. The quantitative estimate of drug-likeness (QED) is 0.331. The van der Waals surface area contributed by atoms with Crippen molar-refractivity contribution in [3.05, 3.63) is 99.5 Å². The average Bonchev–Trinajstić information content (AvgIpc) is 2.84. The highest BCUT2D eigenvalue weighted by Crippen LogP contribution is 2.30. The highest BCUT2D eigenvalue weighted by atomic mass is 35.5. The maximum Gasteiger partial charge on any atom is 0.244 e. The third kappa shape index (κ3) is 8.71. The lowest BCUT2D eigenvalue weighted by atomic mass is 10.0. The number of sulfonamides is 1. The van der Waals surface area contributed by atoms with Gasteiger partial charge in [-0.25, -0.2) is 8.42 Å². The molecule has 39 heavy (non-hydrogen) atoms. The zero-order chi connectivity index (χ0) is 28.7. The van der Waals surface area contributed by atoms with Crippen LogP contribution in [0.2, 0.25) is 10.0 Å². The summed E-state index contributed by atoms with van der Waals surface area (Å²) in [6, 6.07) is 20.3. The summed E-state index contributed by atoms with van der Waals surface area (Å²) in [7, 11) is -3.93. The van der Waals surface area contributed by atoms with Gasteiger partial charge < -0.3 is 10.2 Å². The van der Waals surface area contributed by atoms with E-state index in [4.69, 9.17) is 23.2 Å². The summed E-state index contributed by atoms with van der Waals surface area (Å²) in [5.41, 5.74) is 2.80. The van der Waals surface area contributed by atoms with Gasteiger partial charge in [-0.05, 0) is 50.1 Å². The van der Waals surface area contributed by atoms with Gasteiger partial charge in [0.2, 0.25) is 21.8 Å². The molecular formula is C29H33Cl2N3O4S. The molecule has 0 fully saturated rings. The van der Waals surface area contributed by atoms with Crippen molar-refractivity contribution in [2.75, 3.05) is 17.1 Å². The van der Waals surface area contributed by atoms with E-state index in [1.165, 1.54) is 23.1 Å². The van der Waals surface area contributed by atoms with Crippen LogP contribution in [0.25, 0.3) is 0 Å². The van der Waals surface area contributed by atoms with Crippen molar-refractivity contribution in [2.24, 2.45) is 0 Å². The molecule has 0 radical (unpaired) electrons. The SMILES string of the molecule is Cc1cccc(CN(C(=O)CN(c2ccc(Cl)cc2Cl)S(C)(=O)=O)C(Cc2ccccc2)C(=O)NC(C)C)c1. The molecule has 0 aromatic heterocycles. The Kier molecular flexibility index (Phi) is 10.4. The Morgan fingerprint density at radius 1 is 0.923 bits per heavy atom. The van der Waals surface area contributed by atoms with Crippen LogP contribution in [0, 0.1) is 6.92 Å². The molecule has 7 nitrogen and oxygen atoms in total. The van der Waals surface area contributed by atoms with E-state index in [9.17, 15) is 18.0 Å². The van der Waals surface area contributed by atoms with Crippen LogP contribution in [0.4, 0.5) is 5.69 Å². The smallest absolute Gasteiger partial charge is 0.244 e. The first-order valence-corrected chi connectivity index (χ1v) is 15.1. The summed E-state index contributed by atoms with van der Waals surface area (Å²) in [6.45, 7) is 5.19. The van der Waals surface area contributed by atoms with Gasteiger partial charge in [-0.15, -0.1) is 0 Å². The van der Waals surface area contributed by atoms with Gasteiger partial charge in [0.05, 0.1) is 17.0 Å². The second kappa shape index (κ2) is 13.3. The molecule has 0 spiro atoms. The van der Waals surface area contributed by atoms with E-state index in [0.29, 0.717) is 5.02 Å². The Hall–Kier alpha value is -3.07. The normalized spacial score (nSPS) is 12.2. The zero-order valence-corrected chi connectivity index (χ0v) is 24.7. The minimum absolute atomic E-state index is 0.0874. The summed E-state index contributed by atoms with van der Waals surface area (Å²) in [5, 5.41) is 3.34. The van der Waals surface area contributed by atoms with Crippen LogP contribution in [-0.4, -0.2) is 50.0 Å². The molecule has 1 unspecified atom stereocenters. The number of hydrogen-bond acceptors (Lipinski definition) is 4. The molecule has 208 valence electrons. The molecule has 0 saturated heterocycles. The van der Waals surface area contributed by atoms with Gasteiger partial charge in [0.25, 0.3) is 0 Å². The number of anilines is 1. The van der Waals surface area contributed by atoms with E-state index >= 15 is 0 Å². The maximum atomic E-state index is 14.0. The van der Waals surface area contributed by atoms with Crippen molar-refractivity contribution in [3.63, 3.8) is 0 Å². The van der Waals surface area contributed by atoms with Gasteiger partial charge in [0, 0.05) is 24.0 Å². The van der Waals surface area contributed by atoms with Crippen molar-refractivity contribution < 1.29 is 18.0 Å². The second-order valence-corrected chi connectivity index (χ2v) is 12.5. The number of carbonyl (C=O) groups excluding carboxylic acids is 2. The van der Waals surface area contributed by atoms with Crippen LogP contribution >= 0.6 is 23.2 Å². The summed E-state index contributed by atoms with van der Waals surface area (Å²) >= 11 is 12.4. The second-order valence-electron chi connectivity index (χ2n) is 9.74. The Balaban J connectivity index is 2.07. The van der Waals surface area contributed by atoms with Crippen molar-refractivity contribution >= 4 is 50.7 Å². The largest absolute Gasteiger partial charge is 0.352 e. The molecule has 10 heteroatoms. The molecule has 1 N–H and O–H groups in total. The highest BCUT2D eigenvalue weighted by molar-refractivity contribution is 7.92. The number of nitrogens with zero attached hydrogens (tertiary/aromatic N) is 2. The molecule has 0 heterocycles. The molecule has 0 aliphatic heterocycles. The number of aryl methyl sites for hydroxylation is 1. The lowest BCUT2D eigenvalue weighted by Gasteiger charge is -2.34. The number of carbonyl (C=O) groups is 2.